The molecule has 4 heterocycles. The van der Waals surface area contributed by atoms with E-state index >= 15 is 0 Å². The van der Waals surface area contributed by atoms with Crippen LogP contribution in [-0.2, 0) is 0 Å². The maximum atomic E-state index is 6.62. The number of benzene rings is 9. The van der Waals surface area contributed by atoms with E-state index in [0.29, 0.717) is 17.5 Å². The molecule has 9 aromatic carbocycles. The fraction of sp³-hybridized carbons (Fsp3) is 0. The van der Waals surface area contributed by atoms with Crippen LogP contribution in [0.4, 0.5) is 0 Å². The first-order valence-corrected chi connectivity index (χ1v) is 21.1. The van der Waals surface area contributed by atoms with Crippen molar-refractivity contribution in [3.05, 3.63) is 206 Å². The van der Waals surface area contributed by atoms with Crippen LogP contribution in [0.15, 0.2) is 215 Å². The molecule has 0 spiro atoms. The Balaban J connectivity index is 1.02. The summed E-state index contributed by atoms with van der Waals surface area (Å²) < 4.78 is 15.6. The van der Waals surface area contributed by atoms with Crippen molar-refractivity contribution in [2.75, 3.05) is 0 Å². The van der Waals surface area contributed by atoms with Crippen LogP contribution in [0.25, 0.3) is 128 Å². The molecule has 0 atom stereocenters. The van der Waals surface area contributed by atoms with E-state index in [9.17, 15) is 0 Å². The lowest BCUT2D eigenvalue weighted by atomic mass is 9.94. The number of hydrogen-bond donors (Lipinski definition) is 0. The zero-order valence-electron chi connectivity index (χ0n) is 33.7. The average Bonchev–Trinajstić information content (AvgIpc) is 4.04. The molecule has 13 aromatic rings. The Hall–Kier alpha value is -8.61. The molecule has 0 radical (unpaired) electrons. The Labute approximate surface area is 361 Å². The number of aromatic nitrogens is 4. The zero-order chi connectivity index (χ0) is 41.4. The number of hydrogen-bond acceptors (Lipinski definition) is 5. The molecule has 6 nitrogen and oxygen atoms in total. The van der Waals surface area contributed by atoms with Crippen LogP contribution < -0.4 is 0 Å². The van der Waals surface area contributed by atoms with Gasteiger partial charge in [0.2, 0.25) is 0 Å². The first-order chi connectivity index (χ1) is 31.2. The molecule has 0 saturated heterocycles. The summed E-state index contributed by atoms with van der Waals surface area (Å²) in [6.07, 6.45) is 0. The standard InChI is InChI=1S/C57H34N4O2/c1-2-14-35(15-3-1)55-58-56(36-28-30-40(31-29-36)61-49-24-8-4-16-43(49)44-17-5-9-25-50(44)61)60-57(59-55)39-33-37(41-20-12-22-47-45-18-6-10-26-51(45)62-53(41)47)32-38(34-39)42-21-13-23-48-46-19-7-11-27-52(46)63-54(42)48/h1-34H. The van der Waals surface area contributed by atoms with Gasteiger partial charge in [0.25, 0.3) is 0 Å². The van der Waals surface area contributed by atoms with Gasteiger partial charge in [-0.05, 0) is 77.9 Å². The van der Waals surface area contributed by atoms with E-state index in [1.54, 1.807) is 0 Å². The fourth-order valence-corrected chi connectivity index (χ4v) is 9.33. The van der Waals surface area contributed by atoms with Gasteiger partial charge in [-0.2, -0.15) is 0 Å². The summed E-state index contributed by atoms with van der Waals surface area (Å²) in [5, 5.41) is 6.73. The Bertz CT molecular complexity index is 3730. The van der Waals surface area contributed by atoms with E-state index < -0.39 is 0 Å². The smallest absolute Gasteiger partial charge is 0.164 e. The lowest BCUT2D eigenvalue weighted by Gasteiger charge is -2.13. The minimum Gasteiger partial charge on any atom is -0.455 e. The molecule has 0 N–H and O–H groups in total. The Morgan fingerprint density at radius 3 is 1.25 bits per heavy atom. The third-order valence-electron chi connectivity index (χ3n) is 12.3. The van der Waals surface area contributed by atoms with Crippen molar-refractivity contribution >= 4 is 65.7 Å². The molecule has 0 aliphatic heterocycles. The number of rotatable bonds is 6. The molecule has 0 unspecified atom stereocenters. The number of nitrogens with zero attached hydrogens (tertiary/aromatic N) is 4. The van der Waals surface area contributed by atoms with Crippen molar-refractivity contribution in [1.29, 1.82) is 0 Å². The van der Waals surface area contributed by atoms with Crippen LogP contribution in [0.1, 0.15) is 0 Å². The summed E-state index contributed by atoms with van der Waals surface area (Å²) >= 11 is 0. The lowest BCUT2D eigenvalue weighted by Crippen LogP contribution is -2.01. The molecule has 13 rings (SSSR count). The quantitative estimate of drug-likeness (QED) is 0.167. The molecule has 294 valence electrons. The predicted octanol–water partition coefficient (Wildman–Crippen LogP) is 15.1. The topological polar surface area (TPSA) is 69.9 Å². The molecule has 0 aliphatic rings. The lowest BCUT2D eigenvalue weighted by molar-refractivity contribution is 0.670. The zero-order valence-corrected chi connectivity index (χ0v) is 33.7. The third kappa shape index (κ3) is 5.69. The first kappa shape index (κ1) is 35.2. The van der Waals surface area contributed by atoms with Crippen LogP contribution in [0.2, 0.25) is 0 Å². The average molecular weight is 807 g/mol. The molecule has 0 aliphatic carbocycles. The molecule has 0 saturated carbocycles. The van der Waals surface area contributed by atoms with Crippen molar-refractivity contribution in [3.8, 4) is 62.1 Å². The van der Waals surface area contributed by atoms with Gasteiger partial charge in [-0.25, -0.2) is 15.0 Å². The Morgan fingerprint density at radius 1 is 0.302 bits per heavy atom. The van der Waals surface area contributed by atoms with Crippen LogP contribution in [0, 0.1) is 0 Å². The summed E-state index contributed by atoms with van der Waals surface area (Å²) in [4.78, 5) is 15.6. The van der Waals surface area contributed by atoms with Crippen LogP contribution >= 0.6 is 0 Å². The third-order valence-corrected chi connectivity index (χ3v) is 12.3. The van der Waals surface area contributed by atoms with E-state index in [1.165, 1.54) is 10.8 Å². The molecular weight excluding hydrogens is 773 g/mol. The molecule has 63 heavy (non-hydrogen) atoms. The van der Waals surface area contributed by atoms with Gasteiger partial charge in [0.15, 0.2) is 17.5 Å². The van der Waals surface area contributed by atoms with E-state index in [2.05, 4.69) is 156 Å². The SMILES string of the molecule is c1ccc(-c2nc(-c3ccc(-n4c5ccccc5c5ccccc54)cc3)nc(-c3cc(-c4cccc5c4oc4ccccc45)cc(-c4cccc5c4oc4ccccc45)c3)n2)cc1. The predicted molar refractivity (Wildman–Crippen MR) is 256 cm³/mol. The van der Waals surface area contributed by atoms with Crippen molar-refractivity contribution in [2.45, 2.75) is 0 Å². The van der Waals surface area contributed by atoms with Gasteiger partial charge in [0.1, 0.15) is 22.3 Å². The van der Waals surface area contributed by atoms with Gasteiger partial charge in [0, 0.05) is 65.8 Å². The van der Waals surface area contributed by atoms with Crippen molar-refractivity contribution in [2.24, 2.45) is 0 Å². The van der Waals surface area contributed by atoms with E-state index in [4.69, 9.17) is 23.8 Å². The minimum absolute atomic E-state index is 0.557. The summed E-state index contributed by atoms with van der Waals surface area (Å²) in [5.41, 5.74) is 13.3. The highest BCUT2D eigenvalue weighted by atomic mass is 16.3. The maximum absolute atomic E-state index is 6.62. The summed E-state index contributed by atoms with van der Waals surface area (Å²) in [7, 11) is 0. The summed E-state index contributed by atoms with van der Waals surface area (Å²) in [6.45, 7) is 0. The molecule has 0 fully saturated rings. The number of para-hydroxylation sites is 6. The number of furan rings is 2. The van der Waals surface area contributed by atoms with Gasteiger partial charge in [-0.15, -0.1) is 0 Å². The molecule has 6 heteroatoms. The highest BCUT2D eigenvalue weighted by molar-refractivity contribution is 6.12. The second-order valence-corrected chi connectivity index (χ2v) is 15.9. The van der Waals surface area contributed by atoms with E-state index in [-0.39, 0.29) is 0 Å². The van der Waals surface area contributed by atoms with Gasteiger partial charge in [-0.1, -0.05) is 140 Å². The largest absolute Gasteiger partial charge is 0.455 e. The Morgan fingerprint density at radius 2 is 0.714 bits per heavy atom. The van der Waals surface area contributed by atoms with Crippen LogP contribution in [0.5, 0.6) is 0 Å². The molecular formula is C57H34N4O2. The first-order valence-electron chi connectivity index (χ1n) is 21.1. The highest BCUT2D eigenvalue weighted by Crippen LogP contribution is 2.42. The molecule has 0 bridgehead atoms. The van der Waals surface area contributed by atoms with Gasteiger partial charge in [0.05, 0.1) is 11.0 Å². The number of fused-ring (bicyclic) bond motifs is 9. The highest BCUT2D eigenvalue weighted by Gasteiger charge is 2.20. The summed E-state index contributed by atoms with van der Waals surface area (Å²) in [6, 6.07) is 71.4. The maximum Gasteiger partial charge on any atom is 0.164 e. The van der Waals surface area contributed by atoms with Gasteiger partial charge >= 0.3 is 0 Å². The van der Waals surface area contributed by atoms with Crippen molar-refractivity contribution in [3.63, 3.8) is 0 Å². The fourth-order valence-electron chi connectivity index (χ4n) is 9.33. The van der Waals surface area contributed by atoms with Gasteiger partial charge < -0.3 is 13.4 Å². The Kier molecular flexibility index (Phi) is 7.80. The van der Waals surface area contributed by atoms with Gasteiger partial charge in [-0.3, -0.25) is 0 Å². The minimum atomic E-state index is 0.557. The normalized spacial score (nSPS) is 11.8. The van der Waals surface area contributed by atoms with E-state index in [0.717, 1.165) is 99.5 Å². The summed E-state index contributed by atoms with van der Waals surface area (Å²) in [5.74, 6) is 1.73. The second-order valence-electron chi connectivity index (χ2n) is 15.9. The van der Waals surface area contributed by atoms with E-state index in [1.807, 2.05) is 54.6 Å². The molecule has 4 aromatic heterocycles. The monoisotopic (exact) mass is 806 g/mol. The van der Waals surface area contributed by atoms with Crippen LogP contribution in [0.3, 0.4) is 0 Å². The molecule has 0 amide bonds. The van der Waals surface area contributed by atoms with Crippen molar-refractivity contribution < 1.29 is 8.83 Å². The second kappa shape index (κ2) is 14.0. The van der Waals surface area contributed by atoms with Crippen LogP contribution in [-0.4, -0.2) is 19.5 Å². The van der Waals surface area contributed by atoms with Crippen molar-refractivity contribution in [1.82, 2.24) is 19.5 Å².